The van der Waals surface area contributed by atoms with E-state index in [1.165, 1.54) is 23.9 Å². The van der Waals surface area contributed by atoms with Crippen LogP contribution in [0, 0.1) is 17.0 Å². The lowest BCUT2D eigenvalue weighted by atomic mass is 10.1. The highest BCUT2D eigenvalue weighted by molar-refractivity contribution is 7.99. The Kier molecular flexibility index (Phi) is 5.77. The van der Waals surface area contributed by atoms with E-state index < -0.39 is 4.92 Å². The summed E-state index contributed by atoms with van der Waals surface area (Å²) in [6.07, 6.45) is 3.52. The third kappa shape index (κ3) is 5.11. The predicted molar refractivity (Wildman–Crippen MR) is 103 cm³/mol. The van der Waals surface area contributed by atoms with E-state index in [0.717, 1.165) is 16.1 Å². The summed E-state index contributed by atoms with van der Waals surface area (Å²) in [5, 5.41) is 14.2. The molecule has 0 radical (unpaired) electrons. The molecule has 3 rings (SSSR count). The molecule has 0 saturated carbocycles. The first-order valence-electron chi connectivity index (χ1n) is 8.10. The van der Waals surface area contributed by atoms with Gasteiger partial charge in [-0.1, -0.05) is 12.1 Å². The number of hydrogen-bond donors (Lipinski definition) is 1. The molecule has 0 bridgehead atoms. The van der Waals surface area contributed by atoms with Crippen LogP contribution in [0.4, 0.5) is 11.4 Å². The molecule has 1 heterocycles. The zero-order valence-electron chi connectivity index (χ0n) is 14.5. The molecule has 1 amide bonds. The quantitative estimate of drug-likeness (QED) is 0.394. The van der Waals surface area contributed by atoms with Crippen molar-refractivity contribution in [2.24, 2.45) is 0 Å². The maximum atomic E-state index is 12.3. The molecule has 2 aromatic carbocycles. The molecular weight excluding hydrogens is 364 g/mol. The van der Waals surface area contributed by atoms with Crippen LogP contribution < -0.4 is 5.32 Å². The molecule has 0 fully saturated rings. The summed E-state index contributed by atoms with van der Waals surface area (Å²) < 4.78 is 0. The van der Waals surface area contributed by atoms with Crippen LogP contribution in [0.2, 0.25) is 0 Å². The van der Waals surface area contributed by atoms with Gasteiger partial charge in [0.05, 0.1) is 11.3 Å². The van der Waals surface area contributed by atoms with Crippen molar-refractivity contribution in [3.05, 3.63) is 82.2 Å². The number of benzene rings is 2. The molecule has 1 N–H and O–H groups in total. The summed E-state index contributed by atoms with van der Waals surface area (Å²) in [7, 11) is 0. The van der Waals surface area contributed by atoms with Gasteiger partial charge in [-0.15, -0.1) is 0 Å². The van der Waals surface area contributed by atoms with Crippen molar-refractivity contribution < 1.29 is 9.72 Å². The zero-order chi connectivity index (χ0) is 19.2. The van der Waals surface area contributed by atoms with Gasteiger partial charge in [0.1, 0.15) is 0 Å². The van der Waals surface area contributed by atoms with Crippen molar-refractivity contribution in [3.63, 3.8) is 0 Å². The highest BCUT2D eigenvalue weighted by Crippen LogP contribution is 2.28. The fraction of sp³-hybridized carbons (Fsp3) is 0.105. The van der Waals surface area contributed by atoms with Gasteiger partial charge in [-0.2, -0.15) is 0 Å². The maximum absolute atomic E-state index is 12.3. The van der Waals surface area contributed by atoms with Gasteiger partial charge >= 0.3 is 0 Å². The standard InChI is InChI=1S/C19H16N4O3S/c1-13-11-16(27-19-20-9-2-10-21-19)7-8-17(13)22-18(24)12-14-3-5-15(6-4-14)23(25)26/h2-11H,12H2,1H3,(H,22,24). The monoisotopic (exact) mass is 380 g/mol. The van der Waals surface area contributed by atoms with E-state index >= 15 is 0 Å². The number of carbonyl (C=O) groups excluding carboxylic acids is 1. The fourth-order valence-electron chi connectivity index (χ4n) is 2.40. The number of hydrogen-bond acceptors (Lipinski definition) is 6. The highest BCUT2D eigenvalue weighted by Gasteiger charge is 2.10. The van der Waals surface area contributed by atoms with Crippen LogP contribution in [0.5, 0.6) is 0 Å². The number of anilines is 1. The van der Waals surface area contributed by atoms with Gasteiger partial charge in [0.15, 0.2) is 5.16 Å². The summed E-state index contributed by atoms with van der Waals surface area (Å²) >= 11 is 1.45. The number of amides is 1. The van der Waals surface area contributed by atoms with Crippen molar-refractivity contribution in [2.45, 2.75) is 23.4 Å². The van der Waals surface area contributed by atoms with Gasteiger partial charge in [0.2, 0.25) is 5.91 Å². The molecule has 8 heteroatoms. The zero-order valence-corrected chi connectivity index (χ0v) is 15.3. The third-order valence-electron chi connectivity index (χ3n) is 3.74. The molecule has 0 aliphatic rings. The number of nitrogens with one attached hydrogen (secondary N) is 1. The minimum Gasteiger partial charge on any atom is -0.326 e. The first-order valence-corrected chi connectivity index (χ1v) is 8.91. The number of carbonyl (C=O) groups is 1. The molecule has 7 nitrogen and oxygen atoms in total. The van der Waals surface area contributed by atoms with Crippen LogP contribution in [0.3, 0.4) is 0 Å². The maximum Gasteiger partial charge on any atom is 0.269 e. The summed E-state index contributed by atoms with van der Waals surface area (Å²) in [5.74, 6) is -0.182. The average Bonchev–Trinajstić information content (AvgIpc) is 2.65. The van der Waals surface area contributed by atoms with Gasteiger partial charge in [0, 0.05) is 35.1 Å². The molecule has 0 saturated heterocycles. The Morgan fingerprint density at radius 2 is 1.85 bits per heavy atom. The number of rotatable bonds is 6. The van der Waals surface area contributed by atoms with Crippen molar-refractivity contribution >= 4 is 29.0 Å². The van der Waals surface area contributed by atoms with Gasteiger partial charge in [-0.25, -0.2) is 9.97 Å². The normalized spacial score (nSPS) is 10.4. The van der Waals surface area contributed by atoms with E-state index in [0.29, 0.717) is 10.7 Å². The van der Waals surface area contributed by atoms with Crippen LogP contribution in [-0.2, 0) is 11.2 Å². The molecule has 27 heavy (non-hydrogen) atoms. The third-order valence-corrected chi connectivity index (χ3v) is 4.62. The Morgan fingerprint density at radius 1 is 1.15 bits per heavy atom. The molecule has 0 spiro atoms. The summed E-state index contributed by atoms with van der Waals surface area (Å²) in [6.45, 7) is 1.91. The van der Waals surface area contributed by atoms with Crippen LogP contribution in [0.15, 0.2) is 71.0 Å². The molecule has 136 valence electrons. The summed E-state index contributed by atoms with van der Waals surface area (Å²) in [6, 6.07) is 13.4. The second-order valence-electron chi connectivity index (χ2n) is 5.76. The van der Waals surface area contributed by atoms with Gasteiger partial charge in [-0.3, -0.25) is 14.9 Å². The predicted octanol–water partition coefficient (Wildman–Crippen LogP) is 4.03. The van der Waals surface area contributed by atoms with Crippen LogP contribution in [0.25, 0.3) is 0 Å². The van der Waals surface area contributed by atoms with E-state index in [1.54, 1.807) is 30.6 Å². The van der Waals surface area contributed by atoms with Crippen molar-refractivity contribution in [2.75, 3.05) is 5.32 Å². The smallest absolute Gasteiger partial charge is 0.269 e. The Bertz CT molecular complexity index is 962. The lowest BCUT2D eigenvalue weighted by molar-refractivity contribution is -0.384. The average molecular weight is 380 g/mol. The molecular formula is C19H16N4O3S. The second kappa shape index (κ2) is 8.41. The first-order chi connectivity index (χ1) is 13.0. The van der Waals surface area contributed by atoms with E-state index in [2.05, 4.69) is 15.3 Å². The Labute approximate surface area is 160 Å². The van der Waals surface area contributed by atoms with Crippen LogP contribution in [0.1, 0.15) is 11.1 Å². The van der Waals surface area contributed by atoms with E-state index in [9.17, 15) is 14.9 Å². The minimum atomic E-state index is -0.465. The van der Waals surface area contributed by atoms with E-state index in [4.69, 9.17) is 0 Å². The fourth-order valence-corrected chi connectivity index (χ4v) is 3.21. The van der Waals surface area contributed by atoms with E-state index in [-0.39, 0.29) is 18.0 Å². The number of aromatic nitrogens is 2. The highest BCUT2D eigenvalue weighted by atomic mass is 32.2. The van der Waals surface area contributed by atoms with Gasteiger partial charge in [-0.05, 0) is 54.1 Å². The molecule has 0 aliphatic heterocycles. The first kappa shape index (κ1) is 18.5. The van der Waals surface area contributed by atoms with Gasteiger partial charge < -0.3 is 5.32 Å². The van der Waals surface area contributed by atoms with E-state index in [1.807, 2.05) is 25.1 Å². The largest absolute Gasteiger partial charge is 0.326 e. The lowest BCUT2D eigenvalue weighted by Crippen LogP contribution is -2.15. The topological polar surface area (TPSA) is 98.0 Å². The Hall–Kier alpha value is -3.26. The number of nitrogens with zero attached hydrogens (tertiary/aromatic N) is 3. The molecule has 3 aromatic rings. The molecule has 0 unspecified atom stereocenters. The summed E-state index contributed by atoms with van der Waals surface area (Å²) in [5.41, 5.74) is 2.36. The van der Waals surface area contributed by atoms with Crippen molar-refractivity contribution in [1.82, 2.24) is 9.97 Å². The Balaban J connectivity index is 1.63. The summed E-state index contributed by atoms with van der Waals surface area (Å²) in [4.78, 5) is 31.8. The van der Waals surface area contributed by atoms with Crippen molar-refractivity contribution in [1.29, 1.82) is 0 Å². The SMILES string of the molecule is Cc1cc(Sc2ncccn2)ccc1NC(=O)Cc1ccc([N+](=O)[O-])cc1. The number of nitro benzene ring substituents is 1. The lowest BCUT2D eigenvalue weighted by Gasteiger charge is -2.10. The number of aryl methyl sites for hydroxylation is 1. The Morgan fingerprint density at radius 3 is 2.48 bits per heavy atom. The minimum absolute atomic E-state index is 0.00508. The number of nitro groups is 1. The van der Waals surface area contributed by atoms with Gasteiger partial charge in [0.25, 0.3) is 5.69 Å². The number of non-ortho nitro benzene ring substituents is 1. The van der Waals surface area contributed by atoms with Crippen LogP contribution in [-0.4, -0.2) is 20.8 Å². The second-order valence-corrected chi connectivity index (χ2v) is 6.80. The molecule has 0 aliphatic carbocycles. The van der Waals surface area contributed by atoms with Crippen LogP contribution >= 0.6 is 11.8 Å². The van der Waals surface area contributed by atoms with Crippen molar-refractivity contribution in [3.8, 4) is 0 Å². The molecule has 0 atom stereocenters. The molecule has 1 aromatic heterocycles.